The summed E-state index contributed by atoms with van der Waals surface area (Å²) in [6.07, 6.45) is 5.34. The maximum Gasteiger partial charge on any atom is 0.573 e. The number of rotatable bonds is 31. The van der Waals surface area contributed by atoms with Gasteiger partial charge >= 0.3 is 12.7 Å². The minimum Gasteiger partial charge on any atom is -0.405 e. The fourth-order valence-electron chi connectivity index (χ4n) is 9.69. The molecule has 0 atom stereocenters. The average Bonchev–Trinajstić information content (AvgIpc) is 3.31. The largest absolute Gasteiger partial charge is 0.573 e. The first-order chi connectivity index (χ1) is 32.1. The van der Waals surface area contributed by atoms with Crippen molar-refractivity contribution in [1.29, 1.82) is 0 Å². The number of unbranched alkanes of at least 4 members (excludes halogenated alkanes) is 7. The standard InChI is InChI=1S/C54H79F6NO2P2Si2/c1-8-15-38-61(65(51-28-24-22-26-49(51)62-53(55,56)57)52-29-25-23-27-50(52)63-54(58,59)60)64(45-30-34-47(35-31-45)66(39-16-9-2,40-17-10-3)41-18-11-4)46-32-36-48(37-33-46)67(42-19-12-5,43-20-13-6)44-21-14-7/h22-37H,8-21,38-44H2,1-7H3. The van der Waals surface area contributed by atoms with E-state index in [1.165, 1.54) is 109 Å². The Labute approximate surface area is 404 Å². The molecule has 0 unspecified atom stereocenters. The summed E-state index contributed by atoms with van der Waals surface area (Å²) in [6, 6.07) is 37.8. The van der Waals surface area contributed by atoms with Gasteiger partial charge in [-0.3, -0.25) is 0 Å². The van der Waals surface area contributed by atoms with Crippen molar-refractivity contribution in [2.75, 3.05) is 6.54 Å². The van der Waals surface area contributed by atoms with Gasteiger partial charge in [-0.25, -0.2) is 4.44 Å². The SMILES string of the molecule is CCCCN(P(c1ccc([Si](CCCC)(CCCC)CCCC)cc1)c1ccc([Si](CCCC)(CCCC)CCCC)cc1)P(c1ccccc1OC(F)(F)F)c1ccccc1OC(F)(F)F. The highest BCUT2D eigenvalue weighted by atomic mass is 31.2. The van der Waals surface area contributed by atoms with Crippen LogP contribution in [0.5, 0.6) is 11.5 Å². The van der Waals surface area contributed by atoms with Gasteiger partial charge < -0.3 is 9.47 Å². The van der Waals surface area contributed by atoms with Crippen LogP contribution in [0.2, 0.25) is 36.3 Å². The van der Waals surface area contributed by atoms with Crippen molar-refractivity contribution in [2.45, 2.75) is 187 Å². The van der Waals surface area contributed by atoms with Crippen LogP contribution in [-0.2, 0) is 0 Å². The van der Waals surface area contributed by atoms with E-state index in [0.717, 1.165) is 55.6 Å². The molecule has 372 valence electrons. The summed E-state index contributed by atoms with van der Waals surface area (Å²) in [6.45, 7) is 16.1. The van der Waals surface area contributed by atoms with Crippen LogP contribution in [-0.4, -0.2) is 39.9 Å². The Morgan fingerprint density at radius 1 is 0.403 bits per heavy atom. The molecular weight excluding hydrogens is 927 g/mol. The van der Waals surface area contributed by atoms with Gasteiger partial charge in [0.15, 0.2) is 0 Å². The van der Waals surface area contributed by atoms with Gasteiger partial charge in [0.1, 0.15) is 11.5 Å². The minimum atomic E-state index is -5.03. The summed E-state index contributed by atoms with van der Waals surface area (Å²) in [5.41, 5.74) is 0. The molecule has 4 aromatic carbocycles. The molecule has 13 heteroatoms. The molecule has 0 aliphatic rings. The highest BCUT2D eigenvalue weighted by Gasteiger charge is 2.41. The summed E-state index contributed by atoms with van der Waals surface area (Å²) in [5, 5.41) is 5.31. The van der Waals surface area contributed by atoms with Gasteiger partial charge in [0, 0.05) is 33.3 Å². The van der Waals surface area contributed by atoms with Crippen LogP contribution in [0.3, 0.4) is 0 Å². The molecule has 4 rings (SSSR count). The minimum absolute atomic E-state index is 0.181. The maximum absolute atomic E-state index is 14.3. The number of para-hydroxylation sites is 2. The maximum atomic E-state index is 14.3. The zero-order chi connectivity index (χ0) is 48.9. The van der Waals surface area contributed by atoms with Gasteiger partial charge in [0.25, 0.3) is 0 Å². The molecule has 0 fully saturated rings. The fraction of sp³-hybridized carbons (Fsp3) is 0.556. The lowest BCUT2D eigenvalue weighted by atomic mass is 10.3. The number of alkyl halides is 6. The molecule has 0 radical (unpaired) electrons. The molecule has 0 amide bonds. The van der Waals surface area contributed by atoms with Crippen LogP contribution in [0.25, 0.3) is 0 Å². The van der Waals surface area contributed by atoms with E-state index in [0.29, 0.717) is 13.0 Å². The number of hydrogen-bond acceptors (Lipinski definition) is 3. The lowest BCUT2D eigenvalue weighted by Gasteiger charge is -2.40. The molecule has 0 aliphatic heterocycles. The lowest BCUT2D eigenvalue weighted by Crippen LogP contribution is -2.48. The Kier molecular flexibility index (Phi) is 24.0. The van der Waals surface area contributed by atoms with Crippen molar-refractivity contribution in [3.63, 3.8) is 0 Å². The first-order valence-corrected chi connectivity index (χ1v) is 33.3. The van der Waals surface area contributed by atoms with Gasteiger partial charge in [-0.2, -0.15) is 0 Å². The van der Waals surface area contributed by atoms with Crippen molar-refractivity contribution in [2.24, 2.45) is 0 Å². The smallest absolute Gasteiger partial charge is 0.405 e. The summed E-state index contributed by atoms with van der Waals surface area (Å²) in [7, 11) is -7.51. The molecule has 3 nitrogen and oxygen atoms in total. The topological polar surface area (TPSA) is 21.7 Å². The normalized spacial score (nSPS) is 12.7. The zero-order valence-corrected chi connectivity index (χ0v) is 45.3. The van der Waals surface area contributed by atoms with Crippen LogP contribution in [0.1, 0.15) is 138 Å². The Morgan fingerprint density at radius 2 is 0.701 bits per heavy atom. The molecule has 0 aliphatic carbocycles. The molecule has 0 aromatic heterocycles. The third kappa shape index (κ3) is 16.7. The molecule has 4 aromatic rings. The van der Waals surface area contributed by atoms with Crippen LogP contribution in [0.4, 0.5) is 26.3 Å². The number of nitrogens with zero attached hydrogens (tertiary/aromatic N) is 1. The Hall–Kier alpha value is -2.69. The van der Waals surface area contributed by atoms with E-state index >= 15 is 0 Å². The van der Waals surface area contributed by atoms with Gasteiger partial charge in [0.2, 0.25) is 0 Å². The molecule has 0 bridgehead atoms. The molecule has 0 heterocycles. The van der Waals surface area contributed by atoms with Crippen LogP contribution in [0.15, 0.2) is 97.1 Å². The Bertz CT molecular complexity index is 1820. The first kappa shape index (κ1) is 56.9. The Morgan fingerprint density at radius 3 is 0.985 bits per heavy atom. The van der Waals surface area contributed by atoms with E-state index in [-0.39, 0.29) is 10.6 Å². The quantitative estimate of drug-likeness (QED) is 0.0285. The summed E-state index contributed by atoms with van der Waals surface area (Å²) in [4.78, 5) is 0. The second kappa shape index (κ2) is 28.2. The second-order valence-corrected chi connectivity index (χ2v) is 32.2. The van der Waals surface area contributed by atoms with Gasteiger partial charge in [-0.05, 0) is 41.3 Å². The predicted octanol–water partition coefficient (Wildman–Crippen LogP) is 16.1. The van der Waals surface area contributed by atoms with Crippen molar-refractivity contribution >= 4 is 63.9 Å². The molecule has 0 saturated carbocycles. The summed E-state index contributed by atoms with van der Waals surface area (Å²) in [5.74, 6) is -0.857. The van der Waals surface area contributed by atoms with Crippen molar-refractivity contribution < 1.29 is 35.8 Å². The predicted molar refractivity (Wildman–Crippen MR) is 282 cm³/mol. The molecule has 0 spiro atoms. The van der Waals surface area contributed by atoms with Crippen LogP contribution in [0, 0.1) is 0 Å². The number of ether oxygens (including phenoxy) is 2. The molecular formula is C54H79F6NO2P2Si2. The number of benzene rings is 4. The average molecular weight is 1010 g/mol. The van der Waals surface area contributed by atoms with E-state index in [1.807, 2.05) is 0 Å². The van der Waals surface area contributed by atoms with E-state index in [2.05, 4.69) is 101 Å². The van der Waals surface area contributed by atoms with E-state index < -0.39 is 56.5 Å². The van der Waals surface area contributed by atoms with Crippen molar-refractivity contribution in [3.05, 3.63) is 97.1 Å². The van der Waals surface area contributed by atoms with Crippen molar-refractivity contribution in [1.82, 2.24) is 4.44 Å². The first-order valence-electron chi connectivity index (χ1n) is 25.4. The monoisotopic (exact) mass is 1010 g/mol. The summed E-state index contributed by atoms with van der Waals surface area (Å²) >= 11 is 0. The molecule has 67 heavy (non-hydrogen) atoms. The highest BCUT2D eigenvalue weighted by Crippen LogP contribution is 2.57. The molecule has 0 saturated heterocycles. The number of hydrogen-bond donors (Lipinski definition) is 0. The second-order valence-electron chi connectivity index (χ2n) is 18.4. The fourth-order valence-corrected chi connectivity index (χ4v) is 27.0. The van der Waals surface area contributed by atoms with E-state index in [1.54, 1.807) is 24.3 Å². The van der Waals surface area contributed by atoms with Gasteiger partial charge in [-0.1, -0.05) is 251 Å². The van der Waals surface area contributed by atoms with Crippen molar-refractivity contribution in [3.8, 4) is 11.5 Å². The summed E-state index contributed by atoms with van der Waals surface area (Å²) < 4.78 is 97.7. The Balaban J connectivity index is 2.12. The van der Waals surface area contributed by atoms with Gasteiger partial charge in [0.05, 0.1) is 16.1 Å². The highest BCUT2D eigenvalue weighted by molar-refractivity contribution is 7.84. The lowest BCUT2D eigenvalue weighted by molar-refractivity contribution is -0.275. The van der Waals surface area contributed by atoms with Gasteiger partial charge in [-0.15, -0.1) is 26.3 Å². The van der Waals surface area contributed by atoms with E-state index in [9.17, 15) is 26.3 Å². The number of halogens is 6. The van der Waals surface area contributed by atoms with E-state index in [4.69, 9.17) is 9.47 Å². The van der Waals surface area contributed by atoms with Crippen LogP contribution < -0.4 is 41.1 Å². The molecule has 0 N–H and O–H groups in total. The zero-order valence-electron chi connectivity index (χ0n) is 41.5. The van der Waals surface area contributed by atoms with Crippen LogP contribution >= 0.6 is 16.1 Å². The third-order valence-corrected chi connectivity index (χ3v) is 29.9. The third-order valence-electron chi connectivity index (χ3n) is 13.3.